The van der Waals surface area contributed by atoms with Gasteiger partial charge in [-0.3, -0.25) is 14.9 Å². The highest BCUT2D eigenvalue weighted by molar-refractivity contribution is 6.00. The van der Waals surface area contributed by atoms with Crippen LogP contribution in [-0.4, -0.2) is 17.4 Å². The fourth-order valence-electron chi connectivity index (χ4n) is 2.37. The van der Waals surface area contributed by atoms with Crippen molar-refractivity contribution in [1.29, 1.82) is 0 Å². The molecule has 1 amide bonds. The molecule has 0 saturated heterocycles. The summed E-state index contributed by atoms with van der Waals surface area (Å²) >= 11 is 0. The zero-order chi connectivity index (χ0) is 13.4. The van der Waals surface area contributed by atoms with Crippen LogP contribution in [0.15, 0.2) is 12.1 Å². The van der Waals surface area contributed by atoms with Crippen LogP contribution in [0.2, 0.25) is 0 Å². The normalized spacial score (nSPS) is 16.9. The lowest BCUT2D eigenvalue weighted by Gasteiger charge is -2.08. The smallest absolute Gasteiger partial charge is 0.292 e. The SMILES string of the molecule is O=C1Cc2cc([N+](=O)[O-])c(NCCC3CC3)cc2N1. The molecule has 0 bridgehead atoms. The number of hydrogen-bond acceptors (Lipinski definition) is 4. The third-order valence-electron chi connectivity index (χ3n) is 3.61. The molecule has 1 aromatic carbocycles. The molecule has 1 aliphatic carbocycles. The fourth-order valence-corrected chi connectivity index (χ4v) is 2.37. The molecule has 0 unspecified atom stereocenters. The molecule has 0 spiro atoms. The second kappa shape index (κ2) is 4.53. The highest BCUT2D eigenvalue weighted by atomic mass is 16.6. The molecule has 2 N–H and O–H groups in total. The lowest BCUT2D eigenvalue weighted by atomic mass is 10.1. The maximum atomic E-state index is 11.3. The van der Waals surface area contributed by atoms with Crippen molar-refractivity contribution in [3.8, 4) is 0 Å². The van der Waals surface area contributed by atoms with Gasteiger partial charge in [0.15, 0.2) is 0 Å². The molecule has 1 aliphatic heterocycles. The average Bonchev–Trinajstić information content (AvgIpc) is 3.09. The molecule has 1 saturated carbocycles. The van der Waals surface area contributed by atoms with E-state index in [4.69, 9.17) is 0 Å². The molecule has 2 aliphatic rings. The summed E-state index contributed by atoms with van der Waals surface area (Å²) < 4.78 is 0. The number of nitro benzene ring substituents is 1. The lowest BCUT2D eigenvalue weighted by Crippen LogP contribution is -2.06. The second-order valence-electron chi connectivity index (χ2n) is 5.17. The van der Waals surface area contributed by atoms with Gasteiger partial charge in [0.2, 0.25) is 5.91 Å². The lowest BCUT2D eigenvalue weighted by molar-refractivity contribution is -0.384. The number of anilines is 2. The van der Waals surface area contributed by atoms with E-state index in [1.807, 2.05) is 0 Å². The number of nitrogens with one attached hydrogen (secondary N) is 2. The van der Waals surface area contributed by atoms with Crippen molar-refractivity contribution in [2.75, 3.05) is 17.2 Å². The molecular formula is C13H15N3O3. The highest BCUT2D eigenvalue weighted by Crippen LogP contribution is 2.36. The van der Waals surface area contributed by atoms with E-state index in [2.05, 4.69) is 10.6 Å². The Kier molecular flexibility index (Phi) is 2.85. The summed E-state index contributed by atoms with van der Waals surface area (Å²) in [6.45, 7) is 0.734. The number of benzene rings is 1. The van der Waals surface area contributed by atoms with Gasteiger partial charge in [0.1, 0.15) is 5.69 Å². The minimum absolute atomic E-state index is 0.0473. The Morgan fingerprint density at radius 1 is 1.42 bits per heavy atom. The topological polar surface area (TPSA) is 84.3 Å². The largest absolute Gasteiger partial charge is 0.379 e. The zero-order valence-corrected chi connectivity index (χ0v) is 10.4. The molecule has 1 heterocycles. The number of hydrogen-bond donors (Lipinski definition) is 2. The van der Waals surface area contributed by atoms with Gasteiger partial charge in [-0.25, -0.2) is 0 Å². The molecule has 1 aromatic rings. The van der Waals surface area contributed by atoms with Crippen LogP contribution >= 0.6 is 0 Å². The standard InChI is InChI=1S/C13H15N3O3/c17-13-6-9-5-12(16(18)19)11(7-10(9)15-13)14-4-3-8-1-2-8/h5,7-8,14H,1-4,6H2,(H,15,17). The Balaban J connectivity index is 1.81. The molecule has 6 nitrogen and oxygen atoms in total. The molecule has 3 rings (SSSR count). The minimum atomic E-state index is -0.400. The summed E-state index contributed by atoms with van der Waals surface area (Å²) in [5, 5.41) is 16.9. The fraction of sp³-hybridized carbons (Fsp3) is 0.462. The molecule has 100 valence electrons. The first-order chi connectivity index (χ1) is 9.13. The van der Waals surface area contributed by atoms with Crippen LogP contribution in [-0.2, 0) is 11.2 Å². The van der Waals surface area contributed by atoms with Gasteiger partial charge in [-0.1, -0.05) is 12.8 Å². The monoisotopic (exact) mass is 261 g/mol. The van der Waals surface area contributed by atoms with Crippen molar-refractivity contribution in [3.05, 3.63) is 27.8 Å². The van der Waals surface area contributed by atoms with Gasteiger partial charge in [0.25, 0.3) is 5.69 Å². The quantitative estimate of drug-likeness (QED) is 0.629. The Hall–Kier alpha value is -2.11. The van der Waals surface area contributed by atoms with Crippen molar-refractivity contribution in [3.63, 3.8) is 0 Å². The van der Waals surface area contributed by atoms with Crippen LogP contribution in [0.1, 0.15) is 24.8 Å². The van der Waals surface area contributed by atoms with E-state index in [-0.39, 0.29) is 18.0 Å². The summed E-state index contributed by atoms with van der Waals surface area (Å²) in [6.07, 6.45) is 3.80. The van der Waals surface area contributed by atoms with Gasteiger partial charge < -0.3 is 10.6 Å². The van der Waals surface area contributed by atoms with Crippen molar-refractivity contribution < 1.29 is 9.72 Å². The van der Waals surface area contributed by atoms with Crippen LogP contribution in [0.3, 0.4) is 0 Å². The van der Waals surface area contributed by atoms with E-state index < -0.39 is 4.92 Å². The number of carbonyl (C=O) groups excluding carboxylic acids is 1. The van der Waals surface area contributed by atoms with Crippen molar-refractivity contribution in [1.82, 2.24) is 0 Å². The summed E-state index contributed by atoms with van der Waals surface area (Å²) in [5.74, 6) is 0.667. The maximum absolute atomic E-state index is 11.3. The summed E-state index contributed by atoms with van der Waals surface area (Å²) in [5.41, 5.74) is 1.92. The maximum Gasteiger partial charge on any atom is 0.292 e. The molecule has 19 heavy (non-hydrogen) atoms. The van der Waals surface area contributed by atoms with Crippen molar-refractivity contribution in [2.45, 2.75) is 25.7 Å². The average molecular weight is 261 g/mol. The van der Waals surface area contributed by atoms with Gasteiger partial charge in [-0.05, 0) is 24.0 Å². The highest BCUT2D eigenvalue weighted by Gasteiger charge is 2.25. The molecule has 0 aromatic heterocycles. The van der Waals surface area contributed by atoms with Crippen molar-refractivity contribution in [2.24, 2.45) is 5.92 Å². The summed E-state index contributed by atoms with van der Waals surface area (Å²) in [6, 6.07) is 3.16. The molecular weight excluding hydrogens is 246 g/mol. The zero-order valence-electron chi connectivity index (χ0n) is 10.4. The van der Waals surface area contributed by atoms with Crippen LogP contribution in [0.25, 0.3) is 0 Å². The Morgan fingerprint density at radius 2 is 2.21 bits per heavy atom. The number of nitro groups is 1. The summed E-state index contributed by atoms with van der Waals surface area (Å²) in [4.78, 5) is 22.0. The first-order valence-electron chi connectivity index (χ1n) is 6.48. The predicted molar refractivity (Wildman–Crippen MR) is 71.3 cm³/mol. The van der Waals surface area contributed by atoms with E-state index in [1.54, 1.807) is 6.07 Å². The Bertz CT molecular complexity index is 552. The van der Waals surface area contributed by atoms with E-state index in [0.717, 1.165) is 18.9 Å². The molecule has 0 atom stereocenters. The molecule has 0 radical (unpaired) electrons. The van der Waals surface area contributed by atoms with Crippen molar-refractivity contribution >= 4 is 23.0 Å². The van der Waals surface area contributed by atoms with Gasteiger partial charge in [0, 0.05) is 18.3 Å². The van der Waals surface area contributed by atoms with Gasteiger partial charge in [-0.15, -0.1) is 0 Å². The van der Waals surface area contributed by atoms with Gasteiger partial charge >= 0.3 is 0 Å². The number of amides is 1. The van der Waals surface area contributed by atoms with E-state index >= 15 is 0 Å². The Morgan fingerprint density at radius 3 is 2.89 bits per heavy atom. The molecule has 1 fully saturated rings. The van der Waals surface area contributed by atoms with Crippen LogP contribution < -0.4 is 10.6 Å². The Labute approximate surface area is 110 Å². The van der Waals surface area contributed by atoms with Gasteiger partial charge in [0.05, 0.1) is 11.3 Å². The van der Waals surface area contributed by atoms with Crippen LogP contribution in [0, 0.1) is 16.0 Å². The van der Waals surface area contributed by atoms with Crippen LogP contribution in [0.5, 0.6) is 0 Å². The number of nitrogens with zero attached hydrogens (tertiary/aromatic N) is 1. The number of rotatable bonds is 5. The van der Waals surface area contributed by atoms with E-state index in [1.165, 1.54) is 18.9 Å². The second-order valence-corrected chi connectivity index (χ2v) is 5.17. The first-order valence-corrected chi connectivity index (χ1v) is 6.48. The van der Waals surface area contributed by atoms with E-state index in [0.29, 0.717) is 16.9 Å². The third-order valence-corrected chi connectivity index (χ3v) is 3.61. The first kappa shape index (κ1) is 12.0. The minimum Gasteiger partial charge on any atom is -0.379 e. The summed E-state index contributed by atoms with van der Waals surface area (Å²) in [7, 11) is 0. The number of fused-ring (bicyclic) bond motifs is 1. The van der Waals surface area contributed by atoms with Gasteiger partial charge in [-0.2, -0.15) is 0 Å². The molecule has 6 heteroatoms. The van der Waals surface area contributed by atoms with Crippen LogP contribution in [0.4, 0.5) is 17.1 Å². The van der Waals surface area contributed by atoms with E-state index in [9.17, 15) is 14.9 Å². The predicted octanol–water partition coefficient (Wildman–Crippen LogP) is 2.30. The number of carbonyl (C=O) groups is 1. The third kappa shape index (κ3) is 2.52.